The van der Waals surface area contributed by atoms with E-state index in [1.54, 1.807) is 28.8 Å². The number of rotatable bonds is 8. The van der Waals surface area contributed by atoms with Crippen molar-refractivity contribution in [3.05, 3.63) is 79.9 Å². The maximum absolute atomic E-state index is 15.2. The second-order valence-electron chi connectivity index (χ2n) is 10.5. The van der Waals surface area contributed by atoms with Gasteiger partial charge >= 0.3 is 5.97 Å². The quantitative estimate of drug-likeness (QED) is 0.307. The van der Waals surface area contributed by atoms with Crippen molar-refractivity contribution in [3.63, 3.8) is 0 Å². The average Bonchev–Trinajstić information content (AvgIpc) is 3.79. The minimum Gasteiger partial charge on any atom is -0.477 e. The second kappa shape index (κ2) is 10.7. The monoisotopic (exact) mass is 579 g/mol. The van der Waals surface area contributed by atoms with Gasteiger partial charge in [0.1, 0.15) is 11.2 Å². The number of imide groups is 1. The molecule has 4 heterocycles. The number of carbonyl (C=O) groups is 3. The molecule has 3 aromatic rings. The highest BCUT2D eigenvalue weighted by atomic mass is 35.5. The zero-order valence-corrected chi connectivity index (χ0v) is 22.8. The van der Waals surface area contributed by atoms with E-state index in [0.717, 1.165) is 24.5 Å². The first-order valence-electron chi connectivity index (χ1n) is 13.5. The van der Waals surface area contributed by atoms with Crippen LogP contribution >= 0.6 is 11.6 Å². The van der Waals surface area contributed by atoms with Crippen molar-refractivity contribution in [2.75, 3.05) is 37.6 Å². The number of piperidine rings is 1. The van der Waals surface area contributed by atoms with E-state index in [1.807, 2.05) is 4.90 Å². The lowest BCUT2D eigenvalue weighted by Gasteiger charge is -2.30. The molecule has 41 heavy (non-hydrogen) atoms. The highest BCUT2D eigenvalue weighted by Crippen LogP contribution is 2.37. The van der Waals surface area contributed by atoms with Crippen molar-refractivity contribution >= 4 is 46.2 Å². The molecule has 1 aromatic carbocycles. The number of carboxylic acid groups (broad SMARTS) is 1. The Balaban J connectivity index is 1.09. The van der Waals surface area contributed by atoms with Crippen molar-refractivity contribution in [3.8, 4) is 0 Å². The number of aromatic nitrogens is 2. The number of aromatic carboxylic acids is 1. The number of nitrogens with one attached hydrogen (secondary N) is 1. The first-order valence-corrected chi connectivity index (χ1v) is 13.9. The lowest BCUT2D eigenvalue weighted by molar-refractivity contribution is 0.0652. The molecule has 0 radical (unpaired) electrons. The summed E-state index contributed by atoms with van der Waals surface area (Å²) >= 11 is 6.58. The van der Waals surface area contributed by atoms with Crippen molar-refractivity contribution < 1.29 is 23.9 Å². The van der Waals surface area contributed by atoms with E-state index in [4.69, 9.17) is 11.6 Å². The number of amides is 2. The van der Waals surface area contributed by atoms with Crippen molar-refractivity contribution in [2.45, 2.75) is 31.7 Å². The summed E-state index contributed by atoms with van der Waals surface area (Å²) in [6.45, 7) is 1.93. The smallest absolute Gasteiger partial charge is 0.341 e. The summed E-state index contributed by atoms with van der Waals surface area (Å²) in [7, 11) is 0. The van der Waals surface area contributed by atoms with Crippen LogP contribution in [0.3, 0.4) is 0 Å². The van der Waals surface area contributed by atoms with Crippen LogP contribution in [0.25, 0.3) is 11.0 Å². The number of carboxylic acids is 1. The fourth-order valence-corrected chi connectivity index (χ4v) is 5.74. The van der Waals surface area contributed by atoms with Gasteiger partial charge in [-0.05, 0) is 43.9 Å². The normalized spacial score (nSPS) is 17.0. The number of halogens is 2. The third kappa shape index (κ3) is 5.00. The number of nitrogens with zero attached hydrogens (tertiary/aromatic N) is 4. The van der Waals surface area contributed by atoms with Crippen molar-refractivity contribution in [1.82, 2.24) is 19.8 Å². The largest absolute Gasteiger partial charge is 0.477 e. The van der Waals surface area contributed by atoms with Crippen molar-refractivity contribution in [2.24, 2.45) is 0 Å². The molecule has 2 amide bonds. The summed E-state index contributed by atoms with van der Waals surface area (Å²) in [5.74, 6) is -2.48. The first kappa shape index (κ1) is 27.1. The Hall–Kier alpha value is -4.09. The van der Waals surface area contributed by atoms with Gasteiger partial charge in [0.05, 0.1) is 16.5 Å². The van der Waals surface area contributed by atoms with E-state index in [9.17, 15) is 24.3 Å². The minimum absolute atomic E-state index is 0.0361. The summed E-state index contributed by atoms with van der Waals surface area (Å²) in [5, 5.41) is 13.2. The topological polar surface area (TPSA) is 125 Å². The van der Waals surface area contributed by atoms with Crippen LogP contribution in [0.15, 0.2) is 51.9 Å². The van der Waals surface area contributed by atoms with Gasteiger partial charge in [0.15, 0.2) is 11.6 Å². The molecule has 3 aliphatic rings. The number of fused-ring (bicyclic) bond motifs is 2. The molecule has 0 atom stereocenters. The van der Waals surface area contributed by atoms with Crippen LogP contribution in [0.1, 0.15) is 62.8 Å². The fraction of sp³-hybridized carbons (Fsp3) is 0.345. The summed E-state index contributed by atoms with van der Waals surface area (Å²) in [4.78, 5) is 56.9. The average molecular weight is 580 g/mol. The molecule has 2 N–H and O–H groups in total. The number of pyridine rings is 2. The molecule has 1 saturated heterocycles. The lowest BCUT2D eigenvalue weighted by atomic mass is 10.0. The number of anilines is 1. The first-order chi connectivity index (χ1) is 19.7. The summed E-state index contributed by atoms with van der Waals surface area (Å²) < 4.78 is 16.9. The van der Waals surface area contributed by atoms with Gasteiger partial charge in [0.2, 0.25) is 5.43 Å². The van der Waals surface area contributed by atoms with Gasteiger partial charge in [-0.25, -0.2) is 14.2 Å². The van der Waals surface area contributed by atoms with E-state index < -0.39 is 22.8 Å². The zero-order valence-electron chi connectivity index (χ0n) is 22.0. The van der Waals surface area contributed by atoms with Crippen LogP contribution in [0.5, 0.6) is 0 Å². The molecule has 0 spiro atoms. The number of hydrogen-bond acceptors (Lipinski definition) is 7. The van der Waals surface area contributed by atoms with Crippen LogP contribution < -0.4 is 15.6 Å². The molecule has 12 heteroatoms. The Kier molecular flexibility index (Phi) is 7.08. The van der Waals surface area contributed by atoms with E-state index in [0.29, 0.717) is 60.8 Å². The second-order valence-corrected chi connectivity index (χ2v) is 10.9. The lowest BCUT2D eigenvalue weighted by Crippen LogP contribution is -2.37. The Bertz CT molecular complexity index is 1650. The van der Waals surface area contributed by atoms with Gasteiger partial charge in [-0.15, -0.1) is 0 Å². The molecule has 2 aliphatic heterocycles. The molecule has 10 nitrogen and oxygen atoms in total. The SMILES string of the molecule is O=C(O)c1cn(C2CC2)c2nc(N3CCC(=C(Cl)CNCCN4C(=O)c5ccccc5C4=O)CC3)c(F)cc2c1=O. The molecule has 212 valence electrons. The Morgan fingerprint density at radius 1 is 1.10 bits per heavy atom. The maximum Gasteiger partial charge on any atom is 0.341 e. The number of carbonyl (C=O) groups excluding carboxylic acids is 2. The zero-order chi connectivity index (χ0) is 28.8. The molecule has 0 bridgehead atoms. The molecule has 0 unspecified atom stereocenters. The third-order valence-corrected chi connectivity index (χ3v) is 8.23. The Morgan fingerprint density at radius 3 is 2.37 bits per heavy atom. The molecule has 1 aliphatic carbocycles. The van der Waals surface area contributed by atoms with Crippen LogP contribution in [0.4, 0.5) is 10.2 Å². The summed E-state index contributed by atoms with van der Waals surface area (Å²) in [6.07, 6.45) is 4.18. The van der Waals surface area contributed by atoms with E-state index in [2.05, 4.69) is 10.3 Å². The predicted octanol–water partition coefficient (Wildman–Crippen LogP) is 3.55. The van der Waals surface area contributed by atoms with Crippen molar-refractivity contribution in [1.29, 1.82) is 0 Å². The van der Waals surface area contributed by atoms with Gasteiger partial charge < -0.3 is 19.9 Å². The minimum atomic E-state index is -1.35. The third-order valence-electron chi connectivity index (χ3n) is 7.83. The van der Waals surface area contributed by atoms with Crippen LogP contribution in [0, 0.1) is 5.82 Å². The van der Waals surface area contributed by atoms with Crippen LogP contribution in [-0.4, -0.2) is 70.1 Å². The predicted molar refractivity (Wildman–Crippen MR) is 150 cm³/mol. The van der Waals surface area contributed by atoms with Gasteiger partial charge in [0, 0.05) is 50.0 Å². The van der Waals surface area contributed by atoms with Gasteiger partial charge in [0.25, 0.3) is 11.8 Å². The van der Waals surface area contributed by atoms with E-state index in [1.165, 1.54) is 11.1 Å². The van der Waals surface area contributed by atoms with E-state index >= 15 is 4.39 Å². The summed E-state index contributed by atoms with van der Waals surface area (Å²) in [6, 6.07) is 7.91. The maximum atomic E-state index is 15.2. The highest BCUT2D eigenvalue weighted by Gasteiger charge is 2.34. The van der Waals surface area contributed by atoms with Crippen LogP contribution in [-0.2, 0) is 0 Å². The number of hydrogen-bond donors (Lipinski definition) is 2. The van der Waals surface area contributed by atoms with Gasteiger partial charge in [-0.2, -0.15) is 0 Å². The molecule has 1 saturated carbocycles. The van der Waals surface area contributed by atoms with E-state index in [-0.39, 0.29) is 35.6 Å². The highest BCUT2D eigenvalue weighted by molar-refractivity contribution is 6.30. The Labute approximate surface area is 239 Å². The molecular weight excluding hydrogens is 553 g/mol. The fourth-order valence-electron chi connectivity index (χ4n) is 5.46. The Morgan fingerprint density at radius 2 is 1.76 bits per heavy atom. The molecular formula is C29H27ClFN5O5. The molecule has 6 rings (SSSR count). The molecule has 2 fully saturated rings. The number of benzene rings is 1. The summed E-state index contributed by atoms with van der Waals surface area (Å²) in [5.41, 5.74) is 1.02. The standard InChI is InChI=1S/C29H27ClFN5O5/c30-22(14-32-9-12-35-27(38)18-3-1-2-4-19(18)28(35)39)16-7-10-34(11-8-16)26-23(31)13-20-24(37)21(29(40)41)15-36(17-5-6-17)25(20)33-26/h1-4,13,15,17,32H,5-12,14H2,(H,40,41). The van der Waals surface area contributed by atoms with Crippen LogP contribution in [0.2, 0.25) is 0 Å². The van der Waals surface area contributed by atoms with Gasteiger partial charge in [-0.3, -0.25) is 19.3 Å². The van der Waals surface area contributed by atoms with Gasteiger partial charge in [-0.1, -0.05) is 29.3 Å². The molecule has 2 aromatic heterocycles.